The Labute approximate surface area is 111 Å². The molecule has 0 bridgehead atoms. The van der Waals surface area contributed by atoms with Gasteiger partial charge in [-0.25, -0.2) is 0 Å². The zero-order chi connectivity index (χ0) is 14.0. The second-order valence-electron chi connectivity index (χ2n) is 6.92. The van der Waals surface area contributed by atoms with Crippen LogP contribution in [0.4, 0.5) is 0 Å². The van der Waals surface area contributed by atoms with E-state index in [0.717, 1.165) is 32.2 Å². The minimum atomic E-state index is -0.505. The van der Waals surface area contributed by atoms with Gasteiger partial charge in [0, 0.05) is 12.6 Å². The number of rotatable bonds is 4. The first-order chi connectivity index (χ1) is 8.20. The lowest BCUT2D eigenvalue weighted by Gasteiger charge is -2.43. The summed E-state index contributed by atoms with van der Waals surface area (Å²) in [7, 11) is 4.00. The van der Waals surface area contributed by atoms with E-state index in [9.17, 15) is 4.79 Å². The Bertz CT molecular complexity index is 298. The normalized spacial score (nSPS) is 29.6. The second-order valence-corrected chi connectivity index (χ2v) is 6.92. The second kappa shape index (κ2) is 5.57. The number of nitrogens with two attached hydrogens (primary N) is 1. The SMILES string of the molecule is CNC1(C(N)=O)CCCC(N(C)CC(C)(C)C)C1. The van der Waals surface area contributed by atoms with E-state index in [2.05, 4.69) is 38.0 Å². The molecule has 0 radical (unpaired) electrons. The molecule has 4 nitrogen and oxygen atoms in total. The third-order valence-corrected chi connectivity index (χ3v) is 4.02. The van der Waals surface area contributed by atoms with Gasteiger partial charge in [-0.1, -0.05) is 20.8 Å². The van der Waals surface area contributed by atoms with Crippen LogP contribution in [0.2, 0.25) is 0 Å². The standard InChI is InChI=1S/C14H29N3O/c1-13(2,3)10-17(5)11-7-6-8-14(9-11,16-4)12(15)18/h11,16H,6-10H2,1-5H3,(H2,15,18). The molecule has 1 rings (SSSR count). The molecule has 1 fully saturated rings. The predicted molar refractivity (Wildman–Crippen MR) is 75.3 cm³/mol. The van der Waals surface area contributed by atoms with Gasteiger partial charge in [0.2, 0.25) is 5.91 Å². The highest BCUT2D eigenvalue weighted by molar-refractivity contribution is 5.84. The van der Waals surface area contributed by atoms with Gasteiger partial charge in [-0.15, -0.1) is 0 Å². The highest BCUT2D eigenvalue weighted by atomic mass is 16.1. The third-order valence-electron chi connectivity index (χ3n) is 4.02. The first kappa shape index (κ1) is 15.4. The van der Waals surface area contributed by atoms with E-state index in [4.69, 9.17) is 5.73 Å². The van der Waals surface area contributed by atoms with Crippen LogP contribution in [0.15, 0.2) is 0 Å². The van der Waals surface area contributed by atoms with Crippen molar-refractivity contribution < 1.29 is 4.79 Å². The molecule has 18 heavy (non-hydrogen) atoms. The predicted octanol–water partition coefficient (Wildman–Crippen LogP) is 1.35. The number of carbonyl (C=O) groups is 1. The molecule has 0 heterocycles. The molecule has 2 atom stereocenters. The van der Waals surface area contributed by atoms with Crippen molar-refractivity contribution in [3.8, 4) is 0 Å². The van der Waals surface area contributed by atoms with Crippen LogP contribution >= 0.6 is 0 Å². The summed E-state index contributed by atoms with van der Waals surface area (Å²) in [6, 6.07) is 0.443. The van der Waals surface area contributed by atoms with Gasteiger partial charge in [0.25, 0.3) is 0 Å². The minimum Gasteiger partial charge on any atom is -0.368 e. The molecule has 1 saturated carbocycles. The summed E-state index contributed by atoms with van der Waals surface area (Å²) in [6.07, 6.45) is 3.90. The van der Waals surface area contributed by atoms with Crippen LogP contribution in [-0.2, 0) is 4.79 Å². The van der Waals surface area contributed by atoms with Gasteiger partial charge < -0.3 is 16.0 Å². The lowest BCUT2D eigenvalue weighted by atomic mass is 9.77. The molecule has 106 valence electrons. The van der Waals surface area contributed by atoms with E-state index in [1.807, 2.05) is 7.05 Å². The zero-order valence-corrected chi connectivity index (χ0v) is 12.5. The molecule has 0 spiro atoms. The number of carbonyl (C=O) groups excluding carboxylic acids is 1. The number of amides is 1. The molecule has 1 amide bonds. The topological polar surface area (TPSA) is 58.4 Å². The Morgan fingerprint density at radius 2 is 2.11 bits per heavy atom. The maximum absolute atomic E-state index is 11.7. The van der Waals surface area contributed by atoms with Crippen molar-refractivity contribution in [1.29, 1.82) is 0 Å². The van der Waals surface area contributed by atoms with Gasteiger partial charge in [0.05, 0.1) is 5.54 Å². The van der Waals surface area contributed by atoms with E-state index >= 15 is 0 Å². The number of likely N-dealkylation sites (N-methyl/N-ethyl adjacent to an activating group) is 1. The summed E-state index contributed by atoms with van der Waals surface area (Å²) in [6.45, 7) is 7.76. The van der Waals surface area contributed by atoms with Crippen LogP contribution in [0.25, 0.3) is 0 Å². The van der Waals surface area contributed by atoms with E-state index in [1.54, 1.807) is 0 Å². The monoisotopic (exact) mass is 255 g/mol. The van der Waals surface area contributed by atoms with E-state index < -0.39 is 5.54 Å². The van der Waals surface area contributed by atoms with E-state index in [0.29, 0.717) is 6.04 Å². The van der Waals surface area contributed by atoms with Crippen LogP contribution in [0, 0.1) is 5.41 Å². The summed E-state index contributed by atoms with van der Waals surface area (Å²) in [5.41, 5.74) is 5.36. The Kier molecular flexibility index (Phi) is 4.78. The van der Waals surface area contributed by atoms with Gasteiger partial charge in [-0.3, -0.25) is 4.79 Å². The van der Waals surface area contributed by atoms with Gasteiger partial charge in [-0.2, -0.15) is 0 Å². The molecular formula is C14H29N3O. The summed E-state index contributed by atoms with van der Waals surface area (Å²) < 4.78 is 0. The van der Waals surface area contributed by atoms with Crippen molar-refractivity contribution in [2.24, 2.45) is 11.1 Å². The summed E-state index contributed by atoms with van der Waals surface area (Å²) >= 11 is 0. The number of hydrogen-bond donors (Lipinski definition) is 2. The molecule has 0 aromatic rings. The molecular weight excluding hydrogens is 226 g/mol. The van der Waals surface area contributed by atoms with Gasteiger partial charge in [0.15, 0.2) is 0 Å². The molecule has 1 aliphatic rings. The van der Waals surface area contributed by atoms with E-state index in [-0.39, 0.29) is 11.3 Å². The molecule has 2 unspecified atom stereocenters. The van der Waals surface area contributed by atoms with Crippen molar-refractivity contribution in [2.75, 3.05) is 20.6 Å². The quantitative estimate of drug-likeness (QED) is 0.797. The Morgan fingerprint density at radius 1 is 1.50 bits per heavy atom. The average Bonchev–Trinajstić information content (AvgIpc) is 2.26. The maximum Gasteiger partial charge on any atom is 0.237 e. The smallest absolute Gasteiger partial charge is 0.237 e. The molecule has 0 aliphatic heterocycles. The van der Waals surface area contributed by atoms with Crippen molar-refractivity contribution in [1.82, 2.24) is 10.2 Å². The van der Waals surface area contributed by atoms with Crippen LogP contribution in [-0.4, -0.2) is 43.0 Å². The van der Waals surface area contributed by atoms with Crippen molar-refractivity contribution >= 4 is 5.91 Å². The molecule has 4 heteroatoms. The fourth-order valence-electron chi connectivity index (χ4n) is 3.07. The highest BCUT2D eigenvalue weighted by Gasteiger charge is 2.41. The van der Waals surface area contributed by atoms with Gasteiger partial charge in [0.1, 0.15) is 0 Å². The fourth-order valence-corrected chi connectivity index (χ4v) is 3.07. The number of nitrogens with one attached hydrogen (secondary N) is 1. The third kappa shape index (κ3) is 3.69. The van der Waals surface area contributed by atoms with Crippen LogP contribution in [0.1, 0.15) is 46.5 Å². The Balaban J connectivity index is 2.71. The number of hydrogen-bond acceptors (Lipinski definition) is 3. The Morgan fingerprint density at radius 3 is 2.56 bits per heavy atom. The molecule has 0 aromatic heterocycles. The van der Waals surface area contributed by atoms with Crippen LogP contribution in [0.5, 0.6) is 0 Å². The van der Waals surface area contributed by atoms with Crippen molar-refractivity contribution in [2.45, 2.75) is 58.0 Å². The molecule has 0 aromatic carbocycles. The van der Waals surface area contributed by atoms with Crippen molar-refractivity contribution in [3.63, 3.8) is 0 Å². The van der Waals surface area contributed by atoms with Crippen LogP contribution in [0.3, 0.4) is 0 Å². The van der Waals surface area contributed by atoms with Gasteiger partial charge >= 0.3 is 0 Å². The number of nitrogens with zero attached hydrogens (tertiary/aromatic N) is 1. The highest BCUT2D eigenvalue weighted by Crippen LogP contribution is 2.31. The molecule has 1 aliphatic carbocycles. The lowest BCUT2D eigenvalue weighted by molar-refractivity contribution is -0.126. The van der Waals surface area contributed by atoms with E-state index in [1.165, 1.54) is 0 Å². The average molecular weight is 255 g/mol. The largest absolute Gasteiger partial charge is 0.368 e. The summed E-state index contributed by atoms with van der Waals surface area (Å²) in [5.74, 6) is -0.209. The first-order valence-electron chi connectivity index (χ1n) is 6.89. The zero-order valence-electron chi connectivity index (χ0n) is 12.5. The Hall–Kier alpha value is -0.610. The molecule has 0 saturated heterocycles. The van der Waals surface area contributed by atoms with Crippen LogP contribution < -0.4 is 11.1 Å². The van der Waals surface area contributed by atoms with Gasteiger partial charge in [-0.05, 0) is 45.2 Å². The summed E-state index contributed by atoms with van der Waals surface area (Å²) in [5, 5.41) is 3.16. The minimum absolute atomic E-state index is 0.209. The lowest BCUT2D eigenvalue weighted by Crippen LogP contribution is -2.59. The maximum atomic E-state index is 11.7. The fraction of sp³-hybridized carbons (Fsp3) is 0.929. The molecule has 3 N–H and O–H groups in total. The van der Waals surface area contributed by atoms with Crippen molar-refractivity contribution in [3.05, 3.63) is 0 Å². The summed E-state index contributed by atoms with van der Waals surface area (Å²) in [4.78, 5) is 14.1. The number of primary amides is 1. The first-order valence-corrected chi connectivity index (χ1v) is 6.89.